The second-order valence-corrected chi connectivity index (χ2v) is 14.1. The lowest BCUT2D eigenvalue weighted by Gasteiger charge is -2.19. The Kier molecular flexibility index (Phi) is 7.70. The van der Waals surface area contributed by atoms with E-state index in [1.165, 1.54) is 5.56 Å². The van der Waals surface area contributed by atoms with Crippen molar-refractivity contribution in [3.63, 3.8) is 0 Å². The van der Waals surface area contributed by atoms with Crippen molar-refractivity contribution in [1.29, 1.82) is 0 Å². The zero-order chi connectivity index (χ0) is 31.2. The molecule has 5 aromatic rings. The fraction of sp³-hybridized carbons (Fsp3) is 0.147. The van der Waals surface area contributed by atoms with Gasteiger partial charge < -0.3 is 9.67 Å². The molecule has 1 aromatic heterocycles. The van der Waals surface area contributed by atoms with Crippen molar-refractivity contribution in [2.24, 2.45) is 0 Å². The highest BCUT2D eigenvalue weighted by molar-refractivity contribution is 7.91. The smallest absolute Gasteiger partial charge is 0.330 e. The quantitative estimate of drug-likeness (QED) is 0.194. The summed E-state index contributed by atoms with van der Waals surface area (Å²) >= 11 is 12.7. The Labute approximate surface area is 267 Å². The number of nitrogens with zero attached hydrogens (tertiary/aromatic N) is 3. The van der Waals surface area contributed by atoms with Crippen molar-refractivity contribution in [1.82, 2.24) is 14.3 Å². The molecule has 0 bridgehead atoms. The zero-order valence-corrected chi connectivity index (χ0v) is 26.6. The van der Waals surface area contributed by atoms with Crippen molar-refractivity contribution in [3.8, 4) is 28.1 Å². The molecule has 0 unspecified atom stereocenters. The van der Waals surface area contributed by atoms with Gasteiger partial charge in [-0.05, 0) is 64.1 Å². The summed E-state index contributed by atoms with van der Waals surface area (Å²) in [6.45, 7) is 6.62. The van der Waals surface area contributed by atoms with Crippen molar-refractivity contribution in [2.45, 2.75) is 32.6 Å². The molecule has 10 heteroatoms. The highest BCUT2D eigenvalue weighted by Crippen LogP contribution is 2.33. The number of aliphatic hydroxyl groups excluding tert-OH is 1. The summed E-state index contributed by atoms with van der Waals surface area (Å²) in [5, 5.41) is 10.8. The van der Waals surface area contributed by atoms with Gasteiger partial charge in [0.1, 0.15) is 5.82 Å². The van der Waals surface area contributed by atoms with Gasteiger partial charge in [-0.2, -0.15) is 8.42 Å². The van der Waals surface area contributed by atoms with E-state index in [-0.39, 0.29) is 5.41 Å². The standard InChI is InChI=1S/C34H30Cl2N4O3S/c1-34(2,3)25-13-11-24(12-14-25)23-9-7-22(8-10-23)17-32-37-31(29-16-15-26(35)18-30(29)36)20-39(32)27-5-4-6-28(19-27)40-21-33(41)38-44(40,42)43/h4-16,18-21,38,41H,17H2,1-3H3. The Morgan fingerprint density at radius 2 is 1.52 bits per heavy atom. The van der Waals surface area contributed by atoms with Crippen LogP contribution < -0.4 is 9.03 Å². The maximum Gasteiger partial charge on any atom is 0.330 e. The van der Waals surface area contributed by atoms with Crippen LogP contribution in [0, 0.1) is 0 Å². The number of hydrogen-bond acceptors (Lipinski definition) is 4. The third-order valence-corrected chi connectivity index (χ3v) is 9.33. The van der Waals surface area contributed by atoms with Gasteiger partial charge in [-0.15, -0.1) is 0 Å². The molecule has 224 valence electrons. The second-order valence-electron chi connectivity index (χ2n) is 11.7. The summed E-state index contributed by atoms with van der Waals surface area (Å²) in [6, 6.07) is 29.3. The Hall–Kier alpha value is -4.24. The number of imidazole rings is 1. The topological polar surface area (TPSA) is 87.5 Å². The van der Waals surface area contributed by atoms with Gasteiger partial charge >= 0.3 is 10.2 Å². The minimum absolute atomic E-state index is 0.0943. The van der Waals surface area contributed by atoms with Crippen LogP contribution in [0.25, 0.3) is 28.1 Å². The van der Waals surface area contributed by atoms with E-state index in [1.54, 1.807) is 30.3 Å². The number of hydrogen-bond donors (Lipinski definition) is 2. The Balaban J connectivity index is 1.36. The van der Waals surface area contributed by atoms with Crippen LogP contribution in [0.5, 0.6) is 0 Å². The number of aromatic nitrogens is 2. The van der Waals surface area contributed by atoms with Crippen molar-refractivity contribution in [2.75, 3.05) is 4.31 Å². The van der Waals surface area contributed by atoms with E-state index in [1.807, 2.05) is 22.9 Å². The molecule has 0 saturated heterocycles. The summed E-state index contributed by atoms with van der Waals surface area (Å²) < 4.78 is 30.1. The summed E-state index contributed by atoms with van der Waals surface area (Å²) in [7, 11) is -3.95. The first-order chi connectivity index (χ1) is 20.9. The van der Waals surface area contributed by atoms with Crippen molar-refractivity contribution >= 4 is 39.1 Å². The largest absolute Gasteiger partial charge is 0.493 e. The molecule has 6 rings (SSSR count). The van der Waals surface area contributed by atoms with E-state index >= 15 is 0 Å². The lowest BCUT2D eigenvalue weighted by atomic mass is 9.86. The summed E-state index contributed by atoms with van der Waals surface area (Å²) in [4.78, 5) is 4.96. The molecule has 0 fully saturated rings. The highest BCUT2D eigenvalue weighted by Gasteiger charge is 2.29. The van der Waals surface area contributed by atoms with Crippen LogP contribution in [0.3, 0.4) is 0 Å². The second kappa shape index (κ2) is 11.4. The normalized spacial score (nSPS) is 14.4. The van der Waals surface area contributed by atoms with Gasteiger partial charge in [0, 0.05) is 28.9 Å². The van der Waals surface area contributed by atoms with Crippen molar-refractivity contribution in [3.05, 3.63) is 136 Å². The molecule has 2 N–H and O–H groups in total. The molecule has 0 aliphatic carbocycles. The maximum absolute atomic E-state index is 12.5. The van der Waals surface area contributed by atoms with E-state index in [0.717, 1.165) is 38.6 Å². The molecule has 0 atom stereocenters. The van der Waals surface area contributed by atoms with Gasteiger partial charge in [0.15, 0.2) is 0 Å². The molecule has 0 saturated carbocycles. The molecule has 0 amide bonds. The zero-order valence-electron chi connectivity index (χ0n) is 24.3. The molecule has 44 heavy (non-hydrogen) atoms. The SMILES string of the molecule is CC(C)(C)c1ccc(-c2ccc(Cc3nc(-c4ccc(Cl)cc4Cl)cn3-c3cccc(N4C=C(O)NS4(=O)=O)c3)cc2)cc1. The molecule has 0 radical (unpaired) electrons. The molecule has 1 aliphatic rings. The third-order valence-electron chi connectivity index (χ3n) is 7.48. The van der Waals surface area contributed by atoms with Gasteiger partial charge in [0.05, 0.1) is 22.6 Å². The van der Waals surface area contributed by atoms with E-state index < -0.39 is 16.1 Å². The Morgan fingerprint density at radius 1 is 0.864 bits per heavy atom. The average Bonchev–Trinajstić information content (AvgIpc) is 3.51. The maximum atomic E-state index is 12.5. The predicted octanol–water partition coefficient (Wildman–Crippen LogP) is 8.41. The van der Waals surface area contributed by atoms with Crippen LogP contribution in [0.4, 0.5) is 5.69 Å². The molecule has 4 aromatic carbocycles. The van der Waals surface area contributed by atoms with Gasteiger partial charge in [0.25, 0.3) is 0 Å². The van der Waals surface area contributed by atoms with Gasteiger partial charge in [0.2, 0.25) is 5.88 Å². The minimum Gasteiger partial charge on any atom is -0.493 e. The Morgan fingerprint density at radius 3 is 2.14 bits per heavy atom. The first kappa shape index (κ1) is 29.8. The number of aliphatic hydroxyl groups is 1. The first-order valence-corrected chi connectivity index (χ1v) is 16.1. The van der Waals surface area contributed by atoms with Gasteiger partial charge in [-0.3, -0.25) is 0 Å². The number of benzene rings is 4. The summed E-state index contributed by atoms with van der Waals surface area (Å²) in [6.07, 6.45) is 3.50. The molecular formula is C34H30Cl2N4O3S. The van der Waals surface area contributed by atoms with Crippen LogP contribution in [-0.4, -0.2) is 23.1 Å². The number of halogens is 2. The summed E-state index contributed by atoms with van der Waals surface area (Å²) in [5.41, 5.74) is 7.11. The van der Waals surface area contributed by atoms with Crippen LogP contribution in [0.1, 0.15) is 37.7 Å². The van der Waals surface area contributed by atoms with Crippen molar-refractivity contribution < 1.29 is 13.5 Å². The first-order valence-electron chi connectivity index (χ1n) is 13.9. The molecule has 1 aliphatic heterocycles. The number of nitrogens with one attached hydrogen (secondary N) is 1. The van der Waals surface area contributed by atoms with E-state index in [0.29, 0.717) is 33.5 Å². The minimum atomic E-state index is -3.95. The Bertz CT molecular complexity index is 2000. The number of rotatable bonds is 6. The number of anilines is 1. The van der Waals surface area contributed by atoms with Crippen LogP contribution in [0.15, 0.2) is 109 Å². The fourth-order valence-electron chi connectivity index (χ4n) is 5.14. The van der Waals surface area contributed by atoms with Gasteiger partial charge in [-0.25, -0.2) is 14.0 Å². The van der Waals surface area contributed by atoms with Crippen LogP contribution in [0.2, 0.25) is 10.0 Å². The van der Waals surface area contributed by atoms with Gasteiger partial charge in [-0.1, -0.05) is 98.6 Å². The van der Waals surface area contributed by atoms with Crippen LogP contribution >= 0.6 is 23.2 Å². The summed E-state index contributed by atoms with van der Waals surface area (Å²) in [5.74, 6) is 0.276. The van der Waals surface area contributed by atoms with E-state index in [2.05, 4.69) is 74.0 Å². The predicted molar refractivity (Wildman–Crippen MR) is 178 cm³/mol. The third kappa shape index (κ3) is 6.06. The van der Waals surface area contributed by atoms with E-state index in [9.17, 15) is 13.5 Å². The molecule has 2 heterocycles. The lowest BCUT2D eigenvalue weighted by molar-refractivity contribution is 0.392. The molecule has 0 spiro atoms. The molecular weight excluding hydrogens is 615 g/mol. The fourth-order valence-corrected chi connectivity index (χ4v) is 6.69. The molecule has 7 nitrogen and oxygen atoms in total. The lowest BCUT2D eigenvalue weighted by Crippen LogP contribution is -2.29. The van der Waals surface area contributed by atoms with Crippen LogP contribution in [-0.2, 0) is 22.0 Å². The monoisotopic (exact) mass is 644 g/mol. The van der Waals surface area contributed by atoms with E-state index in [4.69, 9.17) is 28.2 Å². The highest BCUT2D eigenvalue weighted by atomic mass is 35.5. The average molecular weight is 646 g/mol.